The van der Waals surface area contributed by atoms with E-state index >= 15 is 0 Å². The molecule has 20 heavy (non-hydrogen) atoms. The van der Waals surface area contributed by atoms with Crippen LogP contribution < -0.4 is 10.1 Å². The summed E-state index contributed by atoms with van der Waals surface area (Å²) in [5, 5.41) is 13.5. The predicted octanol–water partition coefficient (Wildman–Crippen LogP) is 4.08. The van der Waals surface area contributed by atoms with Gasteiger partial charge in [-0.05, 0) is 58.3 Å². The highest BCUT2D eigenvalue weighted by atomic mass is 79.9. The zero-order valence-corrected chi connectivity index (χ0v) is 14.0. The third-order valence-corrected chi connectivity index (χ3v) is 5.23. The summed E-state index contributed by atoms with van der Waals surface area (Å²) in [4.78, 5) is 0. The van der Waals surface area contributed by atoms with Gasteiger partial charge in [-0.3, -0.25) is 0 Å². The number of hydrogen-bond donors (Lipinski definition) is 2. The highest BCUT2D eigenvalue weighted by Gasteiger charge is 2.30. The molecule has 3 nitrogen and oxygen atoms in total. The minimum atomic E-state index is 0.163. The zero-order chi connectivity index (χ0) is 14.7. The molecule has 1 aliphatic carbocycles. The summed E-state index contributed by atoms with van der Waals surface area (Å²) in [5.41, 5.74) is 1.12. The lowest BCUT2D eigenvalue weighted by Crippen LogP contribution is -2.32. The molecule has 1 aromatic carbocycles. The molecule has 1 aromatic rings. The Balaban J connectivity index is 1.99. The Morgan fingerprint density at radius 3 is 2.75 bits per heavy atom. The molecule has 112 valence electrons. The first kappa shape index (κ1) is 15.6. The van der Waals surface area contributed by atoms with Crippen LogP contribution in [0.5, 0.6) is 11.5 Å². The summed E-state index contributed by atoms with van der Waals surface area (Å²) < 4.78 is 5.87. The van der Waals surface area contributed by atoms with Gasteiger partial charge in [0.05, 0.1) is 11.6 Å². The summed E-state index contributed by atoms with van der Waals surface area (Å²) >= 11 is 3.37. The molecular formula is C16H24BrNO2. The van der Waals surface area contributed by atoms with Crippen LogP contribution in [0.25, 0.3) is 0 Å². The third-order valence-electron chi connectivity index (χ3n) is 4.63. The summed E-state index contributed by atoms with van der Waals surface area (Å²) in [6.45, 7) is 5.44. The monoisotopic (exact) mass is 341 g/mol. The van der Waals surface area contributed by atoms with Crippen molar-refractivity contribution in [3.8, 4) is 11.5 Å². The number of ether oxygens (including phenoxy) is 1. The lowest BCUT2D eigenvalue weighted by molar-refractivity contribution is 0.343. The van der Waals surface area contributed by atoms with Crippen LogP contribution in [0.4, 0.5) is 0 Å². The number of halogens is 1. The van der Waals surface area contributed by atoms with Gasteiger partial charge in [0.2, 0.25) is 0 Å². The Labute approximate surface area is 129 Å². The first-order valence-corrected chi connectivity index (χ1v) is 8.14. The minimum absolute atomic E-state index is 0.163. The second-order valence-electron chi connectivity index (χ2n) is 5.72. The number of aromatic hydroxyl groups is 1. The largest absolute Gasteiger partial charge is 0.503 e. The highest BCUT2D eigenvalue weighted by Crippen LogP contribution is 2.36. The average molecular weight is 342 g/mol. The van der Waals surface area contributed by atoms with Crippen molar-refractivity contribution >= 4 is 15.9 Å². The van der Waals surface area contributed by atoms with E-state index in [4.69, 9.17) is 4.74 Å². The smallest absolute Gasteiger partial charge is 0.172 e. The fraction of sp³-hybridized carbons (Fsp3) is 0.625. The van der Waals surface area contributed by atoms with Crippen LogP contribution in [0.1, 0.15) is 38.7 Å². The molecule has 0 radical (unpaired) electrons. The van der Waals surface area contributed by atoms with Crippen molar-refractivity contribution in [2.24, 2.45) is 11.8 Å². The molecule has 1 aliphatic rings. The van der Waals surface area contributed by atoms with E-state index in [0.29, 0.717) is 16.3 Å². The Kier molecular flexibility index (Phi) is 5.33. The molecule has 0 aliphatic heterocycles. The van der Waals surface area contributed by atoms with Gasteiger partial charge in [-0.2, -0.15) is 0 Å². The van der Waals surface area contributed by atoms with Gasteiger partial charge in [-0.1, -0.05) is 20.3 Å². The number of rotatable bonds is 5. The minimum Gasteiger partial charge on any atom is -0.503 e. The van der Waals surface area contributed by atoms with E-state index in [1.165, 1.54) is 19.3 Å². The molecule has 1 saturated carbocycles. The number of phenolic OH excluding ortho intramolecular Hbond substituents is 1. The van der Waals surface area contributed by atoms with Crippen molar-refractivity contribution in [2.75, 3.05) is 7.11 Å². The van der Waals surface area contributed by atoms with Gasteiger partial charge in [0.1, 0.15) is 0 Å². The Bertz CT molecular complexity index is 464. The van der Waals surface area contributed by atoms with Crippen molar-refractivity contribution in [3.05, 3.63) is 22.2 Å². The molecule has 0 saturated heterocycles. The molecule has 1 fully saturated rings. The number of benzene rings is 1. The van der Waals surface area contributed by atoms with Crippen LogP contribution in [0.3, 0.4) is 0 Å². The second kappa shape index (κ2) is 6.81. The SMILES string of the molecule is CCC1CCC(NCc2cc(Br)c(O)c(OC)c2)C1C. The molecule has 0 bridgehead atoms. The fourth-order valence-electron chi connectivity index (χ4n) is 3.25. The van der Waals surface area contributed by atoms with Crippen LogP contribution in [-0.4, -0.2) is 18.3 Å². The van der Waals surface area contributed by atoms with Gasteiger partial charge in [0.25, 0.3) is 0 Å². The third kappa shape index (κ3) is 3.29. The van der Waals surface area contributed by atoms with Gasteiger partial charge in [-0.25, -0.2) is 0 Å². The number of methoxy groups -OCH3 is 1. The summed E-state index contributed by atoms with van der Waals surface area (Å²) in [5.74, 6) is 2.27. The first-order valence-electron chi connectivity index (χ1n) is 7.35. The van der Waals surface area contributed by atoms with Gasteiger partial charge >= 0.3 is 0 Å². The molecule has 0 aromatic heterocycles. The molecular weight excluding hydrogens is 318 g/mol. The summed E-state index contributed by atoms with van der Waals surface area (Å²) in [7, 11) is 1.57. The Morgan fingerprint density at radius 2 is 2.15 bits per heavy atom. The van der Waals surface area contributed by atoms with Gasteiger partial charge in [-0.15, -0.1) is 0 Å². The molecule has 0 spiro atoms. The lowest BCUT2D eigenvalue weighted by Gasteiger charge is -2.21. The van der Waals surface area contributed by atoms with E-state index in [1.807, 2.05) is 12.1 Å². The number of nitrogens with one attached hydrogen (secondary N) is 1. The second-order valence-corrected chi connectivity index (χ2v) is 6.58. The summed E-state index contributed by atoms with van der Waals surface area (Å²) in [6.07, 6.45) is 3.87. The predicted molar refractivity (Wildman–Crippen MR) is 85.2 cm³/mol. The normalized spacial score (nSPS) is 25.9. The standard InChI is InChI=1S/C16H24BrNO2/c1-4-12-5-6-14(10(12)2)18-9-11-7-13(17)16(19)15(8-11)20-3/h7-8,10,12,14,18-19H,4-6,9H2,1-3H3. The Morgan fingerprint density at radius 1 is 1.40 bits per heavy atom. The van der Waals surface area contributed by atoms with Gasteiger partial charge < -0.3 is 15.2 Å². The van der Waals surface area contributed by atoms with Crippen LogP contribution in [-0.2, 0) is 6.54 Å². The number of hydrogen-bond acceptors (Lipinski definition) is 3. The maximum absolute atomic E-state index is 9.82. The first-order chi connectivity index (χ1) is 9.56. The van der Waals surface area contributed by atoms with Crippen molar-refractivity contribution < 1.29 is 9.84 Å². The van der Waals surface area contributed by atoms with Crippen molar-refractivity contribution in [1.29, 1.82) is 0 Å². The molecule has 2 rings (SSSR count). The van der Waals surface area contributed by atoms with Gasteiger partial charge in [0, 0.05) is 12.6 Å². The topological polar surface area (TPSA) is 41.5 Å². The van der Waals surface area contributed by atoms with E-state index in [0.717, 1.165) is 23.9 Å². The van der Waals surface area contributed by atoms with Crippen molar-refractivity contribution in [2.45, 2.75) is 45.7 Å². The van der Waals surface area contributed by atoms with E-state index in [9.17, 15) is 5.11 Å². The molecule has 0 amide bonds. The van der Waals surface area contributed by atoms with Crippen LogP contribution in [0.15, 0.2) is 16.6 Å². The van der Waals surface area contributed by atoms with Crippen molar-refractivity contribution in [3.63, 3.8) is 0 Å². The maximum Gasteiger partial charge on any atom is 0.172 e. The maximum atomic E-state index is 9.82. The highest BCUT2D eigenvalue weighted by molar-refractivity contribution is 9.10. The molecule has 2 N–H and O–H groups in total. The molecule has 0 heterocycles. The zero-order valence-electron chi connectivity index (χ0n) is 12.4. The quantitative estimate of drug-likeness (QED) is 0.847. The molecule has 3 unspecified atom stereocenters. The molecule has 3 atom stereocenters. The fourth-order valence-corrected chi connectivity index (χ4v) is 3.74. The summed E-state index contributed by atoms with van der Waals surface area (Å²) in [6, 6.07) is 4.43. The van der Waals surface area contributed by atoms with Crippen molar-refractivity contribution in [1.82, 2.24) is 5.32 Å². The Hall–Kier alpha value is -0.740. The molecule has 4 heteroatoms. The van der Waals surface area contributed by atoms with E-state index < -0.39 is 0 Å². The van der Waals surface area contributed by atoms with Crippen LogP contribution in [0, 0.1) is 11.8 Å². The van der Waals surface area contributed by atoms with E-state index in [1.54, 1.807) is 7.11 Å². The van der Waals surface area contributed by atoms with Gasteiger partial charge in [0.15, 0.2) is 11.5 Å². The van der Waals surface area contributed by atoms with E-state index in [-0.39, 0.29) is 5.75 Å². The van der Waals surface area contributed by atoms with Crippen LogP contribution in [0.2, 0.25) is 0 Å². The lowest BCUT2D eigenvalue weighted by atomic mass is 9.93. The van der Waals surface area contributed by atoms with Crippen LogP contribution >= 0.6 is 15.9 Å². The average Bonchev–Trinajstić information content (AvgIpc) is 2.80. The van der Waals surface area contributed by atoms with E-state index in [2.05, 4.69) is 35.1 Å². The number of phenols is 1.